The van der Waals surface area contributed by atoms with Gasteiger partial charge in [0.05, 0.1) is 5.69 Å². The molecule has 0 spiro atoms. The molecule has 1 aliphatic heterocycles. The van der Waals surface area contributed by atoms with Crippen molar-refractivity contribution < 1.29 is 9.50 Å². The van der Waals surface area contributed by atoms with Gasteiger partial charge in [-0.05, 0) is 44.5 Å². The number of nitrogens with zero attached hydrogens (tertiary/aromatic N) is 3. The number of pyridine rings is 1. The van der Waals surface area contributed by atoms with Gasteiger partial charge in [0.25, 0.3) is 0 Å². The van der Waals surface area contributed by atoms with Crippen LogP contribution in [0.1, 0.15) is 25.1 Å². The van der Waals surface area contributed by atoms with Crippen LogP contribution >= 0.6 is 0 Å². The highest BCUT2D eigenvalue weighted by Crippen LogP contribution is 2.30. The number of aromatic amines is 1. The molecule has 3 aromatic rings. The number of H-pyrrole nitrogens is 1. The van der Waals surface area contributed by atoms with Gasteiger partial charge < -0.3 is 10.4 Å². The number of fused-ring (bicyclic) bond motifs is 1. The third kappa shape index (κ3) is 3.28. The van der Waals surface area contributed by atoms with Crippen LogP contribution in [0, 0.1) is 12.7 Å². The predicted molar refractivity (Wildman–Crippen MR) is 103 cm³/mol. The molecule has 6 nitrogen and oxygen atoms in total. The average Bonchev–Trinajstić information content (AvgIpc) is 3.00. The molecule has 3 N–H and O–H groups in total. The summed E-state index contributed by atoms with van der Waals surface area (Å²) in [5.74, 6) is -0.596. The van der Waals surface area contributed by atoms with Gasteiger partial charge in [0.2, 0.25) is 0 Å². The summed E-state index contributed by atoms with van der Waals surface area (Å²) in [7, 11) is 0. The van der Waals surface area contributed by atoms with Crippen molar-refractivity contribution in [3.63, 3.8) is 0 Å². The second kappa shape index (κ2) is 6.90. The molecule has 0 saturated carbocycles. The number of halogens is 1. The van der Waals surface area contributed by atoms with E-state index in [2.05, 4.69) is 39.2 Å². The molecule has 4 rings (SSSR count). The zero-order valence-electron chi connectivity index (χ0n) is 15.8. The van der Waals surface area contributed by atoms with Gasteiger partial charge in [0.1, 0.15) is 11.6 Å². The minimum Gasteiger partial charge on any atom is -0.508 e. The molecule has 3 heterocycles. The third-order valence-corrected chi connectivity index (χ3v) is 5.55. The van der Waals surface area contributed by atoms with E-state index in [9.17, 15) is 9.50 Å². The second-order valence-corrected chi connectivity index (χ2v) is 7.33. The number of rotatable bonds is 3. The minimum atomic E-state index is -0.496. The third-order valence-electron chi connectivity index (χ3n) is 5.55. The van der Waals surface area contributed by atoms with Crippen molar-refractivity contribution in [1.29, 1.82) is 0 Å². The molecule has 142 valence electrons. The molecular formula is C20H24FN5O. The smallest absolute Gasteiger partial charge is 0.182 e. The lowest BCUT2D eigenvalue weighted by molar-refractivity contribution is 0.131. The molecule has 0 aliphatic carbocycles. The number of nitrogens with one attached hydrogen (secondary N) is 2. The molecule has 7 heteroatoms. The SMILES string of the molecule is Cc1[nH]nc2nc(-c3ccc(O)cc3F)cc(CN3CCNC(C)C3C)c12. The molecule has 2 unspecified atom stereocenters. The molecule has 27 heavy (non-hydrogen) atoms. The number of phenolic OH excluding ortho intramolecular Hbond substituents is 1. The summed E-state index contributed by atoms with van der Waals surface area (Å²) in [6.07, 6.45) is 0. The number of aromatic hydroxyl groups is 1. The number of hydrogen-bond acceptors (Lipinski definition) is 5. The lowest BCUT2D eigenvalue weighted by Gasteiger charge is -2.38. The Morgan fingerprint density at radius 1 is 1.30 bits per heavy atom. The van der Waals surface area contributed by atoms with Crippen molar-refractivity contribution in [2.75, 3.05) is 13.1 Å². The van der Waals surface area contributed by atoms with Crippen LogP contribution in [0.3, 0.4) is 0 Å². The second-order valence-electron chi connectivity index (χ2n) is 7.33. The Hall–Kier alpha value is -2.51. The molecule has 2 atom stereocenters. The van der Waals surface area contributed by atoms with E-state index in [1.165, 1.54) is 6.07 Å². The van der Waals surface area contributed by atoms with E-state index >= 15 is 0 Å². The number of piperazine rings is 1. The van der Waals surface area contributed by atoms with Crippen LogP contribution in [0.15, 0.2) is 24.3 Å². The Morgan fingerprint density at radius 2 is 2.11 bits per heavy atom. The monoisotopic (exact) mass is 369 g/mol. The predicted octanol–water partition coefficient (Wildman–Crippen LogP) is 2.96. The zero-order valence-corrected chi connectivity index (χ0v) is 15.8. The van der Waals surface area contributed by atoms with Crippen LogP contribution < -0.4 is 5.32 Å². The number of hydrogen-bond donors (Lipinski definition) is 3. The Labute approximate surface area is 157 Å². The molecule has 1 saturated heterocycles. The van der Waals surface area contributed by atoms with Gasteiger partial charge in [0, 0.05) is 54.4 Å². The summed E-state index contributed by atoms with van der Waals surface area (Å²) in [6.45, 7) is 9.04. The highest BCUT2D eigenvalue weighted by Gasteiger charge is 2.25. The van der Waals surface area contributed by atoms with Crippen molar-refractivity contribution in [2.24, 2.45) is 0 Å². The summed E-state index contributed by atoms with van der Waals surface area (Å²) in [5, 5.41) is 21.3. The van der Waals surface area contributed by atoms with E-state index in [1.54, 1.807) is 6.07 Å². The number of phenols is 1. The van der Waals surface area contributed by atoms with Gasteiger partial charge in [-0.25, -0.2) is 9.37 Å². The fourth-order valence-electron chi connectivity index (χ4n) is 3.81. The van der Waals surface area contributed by atoms with Crippen LogP contribution in [0.25, 0.3) is 22.3 Å². The van der Waals surface area contributed by atoms with Crippen molar-refractivity contribution in [2.45, 2.75) is 39.4 Å². The lowest BCUT2D eigenvalue weighted by atomic mass is 10.0. The standard InChI is InChI=1S/C20H24FN5O/c1-11-13(3)26(7-6-22-11)10-14-8-18(16-5-4-15(27)9-17(16)21)23-20-19(14)12(2)24-25-20/h4-5,8-9,11,13,22,27H,6-7,10H2,1-3H3,(H,23,24,25). The summed E-state index contributed by atoms with van der Waals surface area (Å²) in [6, 6.07) is 6.88. The van der Waals surface area contributed by atoms with Gasteiger partial charge in [-0.2, -0.15) is 5.10 Å². The molecular weight excluding hydrogens is 345 g/mol. The summed E-state index contributed by atoms with van der Waals surface area (Å²) in [4.78, 5) is 6.98. The van der Waals surface area contributed by atoms with Crippen molar-refractivity contribution >= 4 is 11.0 Å². The molecule has 1 aliphatic rings. The van der Waals surface area contributed by atoms with Crippen molar-refractivity contribution in [3.05, 3.63) is 41.3 Å². The van der Waals surface area contributed by atoms with Gasteiger partial charge in [-0.1, -0.05) is 0 Å². The van der Waals surface area contributed by atoms with Crippen molar-refractivity contribution in [3.8, 4) is 17.0 Å². The Morgan fingerprint density at radius 3 is 2.89 bits per heavy atom. The minimum absolute atomic E-state index is 0.100. The molecule has 0 radical (unpaired) electrons. The van der Waals surface area contributed by atoms with Gasteiger partial charge in [-0.15, -0.1) is 0 Å². The maximum Gasteiger partial charge on any atom is 0.182 e. The molecule has 1 aromatic carbocycles. The maximum absolute atomic E-state index is 14.4. The maximum atomic E-state index is 14.4. The zero-order chi connectivity index (χ0) is 19.1. The Kier molecular flexibility index (Phi) is 4.57. The largest absolute Gasteiger partial charge is 0.508 e. The Balaban J connectivity index is 1.80. The number of aromatic nitrogens is 3. The highest BCUT2D eigenvalue weighted by molar-refractivity contribution is 5.84. The topological polar surface area (TPSA) is 77.1 Å². The van der Waals surface area contributed by atoms with E-state index in [1.807, 2.05) is 13.0 Å². The summed E-state index contributed by atoms with van der Waals surface area (Å²) < 4.78 is 14.4. The fraction of sp³-hybridized carbons (Fsp3) is 0.400. The Bertz CT molecular complexity index is 986. The summed E-state index contributed by atoms with van der Waals surface area (Å²) >= 11 is 0. The van der Waals surface area contributed by atoms with Crippen LogP contribution in [-0.2, 0) is 6.54 Å². The van der Waals surface area contributed by atoms with Crippen LogP contribution in [0.5, 0.6) is 5.75 Å². The van der Waals surface area contributed by atoms with E-state index in [-0.39, 0.29) is 5.75 Å². The van der Waals surface area contributed by atoms with Gasteiger partial charge in [0.15, 0.2) is 5.65 Å². The first-order chi connectivity index (χ1) is 12.9. The van der Waals surface area contributed by atoms with Crippen LogP contribution in [0.4, 0.5) is 4.39 Å². The quantitative estimate of drug-likeness (QED) is 0.662. The van der Waals surface area contributed by atoms with E-state index in [4.69, 9.17) is 0 Å². The molecule has 0 amide bonds. The summed E-state index contributed by atoms with van der Waals surface area (Å²) in [5.41, 5.74) is 3.51. The van der Waals surface area contributed by atoms with Gasteiger partial charge in [-0.3, -0.25) is 10.00 Å². The fourth-order valence-corrected chi connectivity index (χ4v) is 3.81. The van der Waals surface area contributed by atoms with Gasteiger partial charge >= 0.3 is 0 Å². The van der Waals surface area contributed by atoms with E-state index in [0.29, 0.717) is 29.0 Å². The molecule has 1 fully saturated rings. The first kappa shape index (κ1) is 17.9. The average molecular weight is 369 g/mol. The normalized spacial score (nSPS) is 21.0. The first-order valence-electron chi connectivity index (χ1n) is 9.25. The van der Waals surface area contributed by atoms with Crippen LogP contribution in [0.2, 0.25) is 0 Å². The first-order valence-corrected chi connectivity index (χ1v) is 9.25. The molecule has 0 bridgehead atoms. The van der Waals surface area contributed by atoms with E-state index in [0.717, 1.165) is 42.3 Å². The number of benzene rings is 1. The van der Waals surface area contributed by atoms with E-state index < -0.39 is 5.82 Å². The van der Waals surface area contributed by atoms with Crippen molar-refractivity contribution in [1.82, 2.24) is 25.4 Å². The highest BCUT2D eigenvalue weighted by atomic mass is 19.1. The number of aryl methyl sites for hydroxylation is 1. The lowest BCUT2D eigenvalue weighted by Crippen LogP contribution is -2.54. The van der Waals surface area contributed by atoms with Crippen LogP contribution in [-0.4, -0.2) is 50.4 Å². The molecule has 2 aromatic heterocycles.